The predicted molar refractivity (Wildman–Crippen MR) is 101 cm³/mol. The van der Waals surface area contributed by atoms with Crippen molar-refractivity contribution in [2.45, 2.75) is 0 Å². The van der Waals surface area contributed by atoms with Crippen molar-refractivity contribution in [2.75, 3.05) is 0 Å². The van der Waals surface area contributed by atoms with Gasteiger partial charge in [0.2, 0.25) is 0 Å². The largest absolute Gasteiger partial charge is 0.251 e. The highest BCUT2D eigenvalue weighted by atomic mass is 15.4. The molecule has 0 spiro atoms. The van der Waals surface area contributed by atoms with Crippen LogP contribution in [0.2, 0.25) is 0 Å². The summed E-state index contributed by atoms with van der Waals surface area (Å²) in [5.41, 5.74) is 6.52. The first kappa shape index (κ1) is 14.9. The minimum absolute atomic E-state index is 0.607. The topological polar surface area (TPSA) is 99.0 Å². The fourth-order valence-electron chi connectivity index (χ4n) is 3.33. The van der Waals surface area contributed by atoms with Crippen molar-refractivity contribution < 1.29 is 0 Å². The van der Waals surface area contributed by atoms with Gasteiger partial charge in [-0.05, 0) is 24.3 Å². The van der Waals surface area contributed by atoms with E-state index in [0.717, 1.165) is 39.1 Å². The smallest absolute Gasteiger partial charge is 0.178 e. The van der Waals surface area contributed by atoms with Gasteiger partial charge < -0.3 is 0 Å². The summed E-state index contributed by atoms with van der Waals surface area (Å²) in [5, 5.41) is 13.1. The van der Waals surface area contributed by atoms with Crippen LogP contribution < -0.4 is 0 Å². The Morgan fingerprint density at radius 3 is 2.64 bits per heavy atom. The molecule has 9 nitrogen and oxygen atoms in total. The molecule has 0 aromatic carbocycles. The molecule has 0 fully saturated rings. The van der Waals surface area contributed by atoms with Gasteiger partial charge in [0, 0.05) is 47.7 Å². The second-order valence-electron chi connectivity index (χ2n) is 6.20. The third-order valence-electron chi connectivity index (χ3n) is 4.62. The molecule has 0 radical (unpaired) electrons. The Morgan fingerprint density at radius 1 is 0.714 bits per heavy atom. The number of aromatic nitrogens is 9. The minimum atomic E-state index is 0.607. The van der Waals surface area contributed by atoms with Gasteiger partial charge in [-0.1, -0.05) is 0 Å². The van der Waals surface area contributed by atoms with Gasteiger partial charge in [-0.25, -0.2) is 19.5 Å². The van der Waals surface area contributed by atoms with Crippen LogP contribution in [0.15, 0.2) is 67.6 Å². The summed E-state index contributed by atoms with van der Waals surface area (Å²) in [7, 11) is 0. The second kappa shape index (κ2) is 5.61. The SMILES string of the molecule is c1cnn2ncc(-c3ccnc4c(-c5cnc6nccnc6c5)cnn34)c2c1. The Labute approximate surface area is 157 Å². The number of nitrogens with zero attached hydrogens (tertiary/aromatic N) is 9. The Morgan fingerprint density at radius 2 is 1.64 bits per heavy atom. The number of hydrogen-bond donors (Lipinski definition) is 0. The summed E-state index contributed by atoms with van der Waals surface area (Å²) in [6.07, 6.45) is 12.1. The van der Waals surface area contributed by atoms with E-state index >= 15 is 0 Å². The van der Waals surface area contributed by atoms with Crippen LogP contribution in [0.5, 0.6) is 0 Å². The first-order valence-corrected chi connectivity index (χ1v) is 8.58. The molecule has 6 aromatic heterocycles. The van der Waals surface area contributed by atoms with Gasteiger partial charge in [0.1, 0.15) is 5.52 Å². The zero-order chi connectivity index (χ0) is 18.5. The molecule has 0 aliphatic heterocycles. The van der Waals surface area contributed by atoms with Gasteiger partial charge >= 0.3 is 0 Å². The number of fused-ring (bicyclic) bond motifs is 3. The minimum Gasteiger partial charge on any atom is -0.251 e. The van der Waals surface area contributed by atoms with Gasteiger partial charge in [0.15, 0.2) is 11.3 Å². The molecule has 28 heavy (non-hydrogen) atoms. The third-order valence-corrected chi connectivity index (χ3v) is 4.62. The van der Waals surface area contributed by atoms with Crippen LogP contribution in [-0.4, -0.2) is 44.4 Å². The molecule has 0 saturated heterocycles. The molecule has 6 aromatic rings. The fraction of sp³-hybridized carbons (Fsp3) is 0. The lowest BCUT2D eigenvalue weighted by Crippen LogP contribution is -1.96. The zero-order valence-corrected chi connectivity index (χ0v) is 14.4. The van der Waals surface area contributed by atoms with E-state index in [-0.39, 0.29) is 0 Å². The van der Waals surface area contributed by atoms with E-state index in [9.17, 15) is 0 Å². The Hall–Kier alpha value is -4.27. The van der Waals surface area contributed by atoms with Crippen LogP contribution in [0, 0.1) is 0 Å². The summed E-state index contributed by atoms with van der Waals surface area (Å²) in [4.78, 5) is 17.5. The molecular weight excluding hydrogens is 354 g/mol. The average Bonchev–Trinajstić information content (AvgIpc) is 3.38. The van der Waals surface area contributed by atoms with Crippen molar-refractivity contribution in [3.8, 4) is 22.4 Å². The van der Waals surface area contributed by atoms with Crippen molar-refractivity contribution in [3.63, 3.8) is 0 Å². The quantitative estimate of drug-likeness (QED) is 0.465. The molecule has 0 aliphatic rings. The lowest BCUT2D eigenvalue weighted by molar-refractivity contribution is 0.800. The fourth-order valence-corrected chi connectivity index (χ4v) is 3.33. The first-order chi connectivity index (χ1) is 13.9. The van der Waals surface area contributed by atoms with E-state index in [1.165, 1.54) is 0 Å². The molecule has 132 valence electrons. The van der Waals surface area contributed by atoms with Gasteiger partial charge in [0.25, 0.3) is 0 Å². The summed E-state index contributed by atoms with van der Waals surface area (Å²) in [5.74, 6) is 0. The number of hydrogen-bond acceptors (Lipinski definition) is 7. The Kier molecular flexibility index (Phi) is 2.98. The van der Waals surface area contributed by atoms with Gasteiger partial charge in [-0.15, -0.1) is 0 Å². The summed E-state index contributed by atoms with van der Waals surface area (Å²) in [6.45, 7) is 0. The highest BCUT2D eigenvalue weighted by Crippen LogP contribution is 2.29. The number of rotatable bonds is 2. The monoisotopic (exact) mass is 365 g/mol. The summed E-state index contributed by atoms with van der Waals surface area (Å²) in [6, 6.07) is 7.71. The highest BCUT2D eigenvalue weighted by molar-refractivity contribution is 5.85. The third kappa shape index (κ3) is 2.10. The van der Waals surface area contributed by atoms with Crippen LogP contribution in [0.25, 0.3) is 44.7 Å². The van der Waals surface area contributed by atoms with Crippen LogP contribution in [0.3, 0.4) is 0 Å². The maximum absolute atomic E-state index is 4.57. The molecule has 9 heteroatoms. The zero-order valence-electron chi connectivity index (χ0n) is 14.4. The average molecular weight is 365 g/mol. The van der Waals surface area contributed by atoms with Crippen LogP contribution in [0.4, 0.5) is 0 Å². The second-order valence-corrected chi connectivity index (χ2v) is 6.20. The lowest BCUT2D eigenvalue weighted by Gasteiger charge is -2.04. The molecule has 0 bridgehead atoms. The van der Waals surface area contributed by atoms with E-state index in [0.29, 0.717) is 5.65 Å². The normalized spacial score (nSPS) is 11.6. The van der Waals surface area contributed by atoms with Crippen molar-refractivity contribution in [1.29, 1.82) is 0 Å². The Bertz CT molecular complexity index is 1480. The van der Waals surface area contributed by atoms with E-state index < -0.39 is 0 Å². The number of pyridine rings is 1. The van der Waals surface area contributed by atoms with Gasteiger partial charge in [-0.2, -0.15) is 19.9 Å². The van der Waals surface area contributed by atoms with Crippen LogP contribution in [0.1, 0.15) is 0 Å². The molecule has 0 aliphatic carbocycles. The van der Waals surface area contributed by atoms with Crippen molar-refractivity contribution >= 4 is 22.3 Å². The summed E-state index contributed by atoms with van der Waals surface area (Å²) < 4.78 is 3.40. The van der Waals surface area contributed by atoms with Gasteiger partial charge in [0.05, 0.1) is 23.6 Å². The van der Waals surface area contributed by atoms with Crippen LogP contribution in [-0.2, 0) is 0 Å². The molecule has 0 atom stereocenters. The molecule has 0 unspecified atom stereocenters. The standard InChI is InChI=1S/C19H11N9/c1-2-17-14(11-26-28(17)24-4-1)16-3-5-22-19-13(10-25-27(16)19)12-8-15-18(23-9-12)21-7-6-20-15/h1-11H. The lowest BCUT2D eigenvalue weighted by atomic mass is 10.1. The van der Waals surface area contributed by atoms with Crippen molar-refractivity contribution in [1.82, 2.24) is 44.4 Å². The highest BCUT2D eigenvalue weighted by Gasteiger charge is 2.15. The van der Waals surface area contributed by atoms with E-state index in [4.69, 9.17) is 0 Å². The van der Waals surface area contributed by atoms with E-state index in [2.05, 4.69) is 35.2 Å². The van der Waals surface area contributed by atoms with Crippen molar-refractivity contribution in [3.05, 3.63) is 67.6 Å². The molecular formula is C19H11N9. The first-order valence-electron chi connectivity index (χ1n) is 8.58. The maximum Gasteiger partial charge on any atom is 0.178 e. The van der Waals surface area contributed by atoms with E-state index in [1.807, 2.05) is 24.3 Å². The van der Waals surface area contributed by atoms with E-state index in [1.54, 1.807) is 52.5 Å². The molecule has 0 N–H and O–H groups in total. The van der Waals surface area contributed by atoms with Crippen LogP contribution >= 0.6 is 0 Å². The predicted octanol–water partition coefficient (Wildman–Crippen LogP) is 2.44. The Balaban J connectivity index is 1.57. The van der Waals surface area contributed by atoms with Gasteiger partial charge in [-0.3, -0.25) is 4.98 Å². The maximum atomic E-state index is 4.57. The summed E-state index contributed by atoms with van der Waals surface area (Å²) >= 11 is 0. The van der Waals surface area contributed by atoms with Crippen molar-refractivity contribution in [2.24, 2.45) is 0 Å². The molecule has 6 rings (SSSR count). The molecule has 0 amide bonds. The molecule has 0 saturated carbocycles. The molecule has 6 heterocycles.